The van der Waals surface area contributed by atoms with E-state index in [9.17, 15) is 9.18 Å². The molecule has 0 radical (unpaired) electrons. The van der Waals surface area contributed by atoms with E-state index in [-0.39, 0.29) is 11.7 Å². The molecule has 136 valence electrons. The highest BCUT2D eigenvalue weighted by atomic mass is 19.1. The second kappa shape index (κ2) is 7.09. The van der Waals surface area contributed by atoms with E-state index in [2.05, 4.69) is 15.2 Å². The molecule has 7 heteroatoms. The number of carbonyl (C=O) groups excluding carboxylic acids is 1. The van der Waals surface area contributed by atoms with Gasteiger partial charge >= 0.3 is 0 Å². The van der Waals surface area contributed by atoms with Crippen LogP contribution in [0.4, 0.5) is 4.39 Å². The second-order valence-corrected chi connectivity index (χ2v) is 6.45. The molecule has 1 saturated heterocycles. The topological polar surface area (TPSA) is 59.4 Å². The molecule has 1 N–H and O–H groups in total. The normalized spacial score (nSPS) is 21.1. The van der Waals surface area contributed by atoms with Gasteiger partial charge in [0.05, 0.1) is 18.7 Å². The first-order chi connectivity index (χ1) is 12.1. The number of amides is 1. The molecule has 6 nitrogen and oxygen atoms in total. The summed E-state index contributed by atoms with van der Waals surface area (Å²) in [6.45, 7) is 4.30. The minimum absolute atomic E-state index is 0.0443. The Hall–Kier alpha value is -1.99. The number of likely N-dealkylation sites (N-methyl/N-ethyl adjacent to an activating group) is 1. The van der Waals surface area contributed by atoms with Gasteiger partial charge in [0.15, 0.2) is 5.82 Å². The highest BCUT2D eigenvalue weighted by molar-refractivity contribution is 5.86. The summed E-state index contributed by atoms with van der Waals surface area (Å²) in [7, 11) is 3.25. The SMILES string of the molecule is CCn1c(CN2CCCC2(COC)C(=O)NC)nc2c(F)cccc21. The number of ether oxygens (including phenoxy) is 1. The van der Waals surface area contributed by atoms with E-state index < -0.39 is 5.54 Å². The first-order valence-electron chi connectivity index (χ1n) is 8.67. The summed E-state index contributed by atoms with van der Waals surface area (Å²) >= 11 is 0. The Kier molecular flexibility index (Phi) is 5.06. The minimum atomic E-state index is -0.696. The first-order valence-corrected chi connectivity index (χ1v) is 8.67. The lowest BCUT2D eigenvalue weighted by atomic mass is 9.96. The number of para-hydroxylation sites is 1. The van der Waals surface area contributed by atoms with Crippen molar-refractivity contribution < 1.29 is 13.9 Å². The number of nitrogens with one attached hydrogen (secondary N) is 1. The average Bonchev–Trinajstić information content (AvgIpc) is 3.17. The van der Waals surface area contributed by atoms with Crippen molar-refractivity contribution in [2.24, 2.45) is 0 Å². The smallest absolute Gasteiger partial charge is 0.242 e. The number of nitrogens with zero attached hydrogens (tertiary/aromatic N) is 3. The molecule has 2 heterocycles. The predicted octanol–water partition coefficient (Wildman–Crippen LogP) is 1.92. The van der Waals surface area contributed by atoms with Crippen LogP contribution in [0, 0.1) is 5.82 Å². The molecule has 1 fully saturated rings. The molecule has 1 aromatic heterocycles. The molecule has 25 heavy (non-hydrogen) atoms. The van der Waals surface area contributed by atoms with Crippen LogP contribution in [0.3, 0.4) is 0 Å². The van der Waals surface area contributed by atoms with Crippen molar-refractivity contribution in [3.05, 3.63) is 29.8 Å². The number of rotatable bonds is 6. The van der Waals surface area contributed by atoms with Crippen molar-refractivity contribution in [1.29, 1.82) is 0 Å². The summed E-state index contributed by atoms with van der Waals surface area (Å²) in [5.74, 6) is 0.410. The van der Waals surface area contributed by atoms with Crippen LogP contribution >= 0.6 is 0 Å². The van der Waals surface area contributed by atoms with Crippen LogP contribution in [0.5, 0.6) is 0 Å². The number of aryl methyl sites for hydroxylation is 1. The van der Waals surface area contributed by atoms with Gasteiger partial charge in [-0.15, -0.1) is 0 Å². The van der Waals surface area contributed by atoms with Crippen LogP contribution in [0.25, 0.3) is 11.0 Å². The largest absolute Gasteiger partial charge is 0.382 e. The van der Waals surface area contributed by atoms with Crippen molar-refractivity contribution in [3.8, 4) is 0 Å². The Bertz CT molecular complexity index is 776. The van der Waals surface area contributed by atoms with Crippen LogP contribution in [-0.2, 0) is 22.6 Å². The molecular weight excluding hydrogens is 323 g/mol. The van der Waals surface area contributed by atoms with Gasteiger partial charge in [-0.05, 0) is 38.4 Å². The number of benzene rings is 1. The maximum absolute atomic E-state index is 14.1. The number of carbonyl (C=O) groups is 1. The molecule has 1 aromatic carbocycles. The zero-order valence-corrected chi connectivity index (χ0v) is 15.0. The maximum atomic E-state index is 14.1. The van der Waals surface area contributed by atoms with Crippen molar-refractivity contribution in [3.63, 3.8) is 0 Å². The summed E-state index contributed by atoms with van der Waals surface area (Å²) in [4.78, 5) is 19.2. The molecule has 2 aromatic rings. The van der Waals surface area contributed by atoms with Gasteiger partial charge in [0.25, 0.3) is 0 Å². The number of imidazole rings is 1. The van der Waals surface area contributed by atoms with E-state index in [1.54, 1.807) is 20.2 Å². The Morgan fingerprint density at radius 1 is 1.48 bits per heavy atom. The summed E-state index contributed by atoms with van der Waals surface area (Å²) < 4.78 is 21.5. The lowest BCUT2D eigenvalue weighted by molar-refractivity contribution is -0.135. The summed E-state index contributed by atoms with van der Waals surface area (Å²) in [6.07, 6.45) is 1.65. The fourth-order valence-corrected chi connectivity index (χ4v) is 3.93. The Balaban J connectivity index is 1.99. The number of fused-ring (bicyclic) bond motifs is 1. The van der Waals surface area contributed by atoms with E-state index in [0.29, 0.717) is 25.2 Å². The molecule has 0 bridgehead atoms. The molecule has 1 aliphatic heterocycles. The Labute approximate surface area is 147 Å². The van der Waals surface area contributed by atoms with E-state index in [4.69, 9.17) is 4.74 Å². The summed E-state index contributed by atoms with van der Waals surface area (Å²) in [5.41, 5.74) is 0.475. The van der Waals surface area contributed by atoms with Crippen LogP contribution in [0.1, 0.15) is 25.6 Å². The van der Waals surface area contributed by atoms with Gasteiger partial charge in [-0.1, -0.05) is 6.07 Å². The number of hydrogen-bond acceptors (Lipinski definition) is 4. The fourth-order valence-electron chi connectivity index (χ4n) is 3.93. The molecule has 1 aliphatic rings. The van der Waals surface area contributed by atoms with Crippen LogP contribution < -0.4 is 5.32 Å². The molecule has 1 unspecified atom stereocenters. The molecule has 1 amide bonds. The fraction of sp³-hybridized carbons (Fsp3) is 0.556. The lowest BCUT2D eigenvalue weighted by Gasteiger charge is -2.36. The van der Waals surface area contributed by atoms with Crippen molar-refractivity contribution >= 4 is 16.9 Å². The number of hydrogen-bond donors (Lipinski definition) is 1. The van der Waals surface area contributed by atoms with Crippen molar-refractivity contribution in [1.82, 2.24) is 19.8 Å². The molecular formula is C18H25FN4O2. The molecule has 0 saturated carbocycles. The molecule has 0 aliphatic carbocycles. The third-order valence-electron chi connectivity index (χ3n) is 5.11. The quantitative estimate of drug-likeness (QED) is 0.867. The maximum Gasteiger partial charge on any atom is 0.242 e. The monoisotopic (exact) mass is 348 g/mol. The molecule has 3 rings (SSSR count). The standard InChI is InChI=1S/C18H25FN4O2/c1-4-23-14-8-5-7-13(19)16(14)21-15(23)11-22-10-6-9-18(22,12-25-3)17(24)20-2/h5,7-8H,4,6,9-12H2,1-3H3,(H,20,24). The second-order valence-electron chi connectivity index (χ2n) is 6.45. The number of methoxy groups -OCH3 is 1. The van der Waals surface area contributed by atoms with Crippen molar-refractivity contribution in [2.75, 3.05) is 27.3 Å². The van der Waals surface area contributed by atoms with Crippen LogP contribution in [-0.4, -0.2) is 53.2 Å². The van der Waals surface area contributed by atoms with E-state index in [1.807, 2.05) is 17.6 Å². The van der Waals surface area contributed by atoms with Gasteiger partial charge in [0, 0.05) is 20.7 Å². The summed E-state index contributed by atoms with van der Waals surface area (Å²) in [6, 6.07) is 5.00. The Morgan fingerprint density at radius 2 is 2.28 bits per heavy atom. The van der Waals surface area contributed by atoms with Crippen LogP contribution in [0.2, 0.25) is 0 Å². The van der Waals surface area contributed by atoms with E-state index >= 15 is 0 Å². The highest BCUT2D eigenvalue weighted by Gasteiger charge is 2.47. The Morgan fingerprint density at radius 3 is 2.96 bits per heavy atom. The van der Waals surface area contributed by atoms with Gasteiger partial charge < -0.3 is 14.6 Å². The third kappa shape index (κ3) is 2.91. The first kappa shape index (κ1) is 17.8. The van der Waals surface area contributed by atoms with Gasteiger partial charge in [-0.3, -0.25) is 9.69 Å². The minimum Gasteiger partial charge on any atom is -0.382 e. The van der Waals surface area contributed by atoms with Crippen LogP contribution in [0.15, 0.2) is 18.2 Å². The van der Waals surface area contributed by atoms with Gasteiger partial charge in [-0.2, -0.15) is 0 Å². The zero-order valence-electron chi connectivity index (χ0n) is 15.0. The highest BCUT2D eigenvalue weighted by Crippen LogP contribution is 2.32. The predicted molar refractivity (Wildman–Crippen MR) is 93.7 cm³/mol. The zero-order chi connectivity index (χ0) is 18.0. The summed E-state index contributed by atoms with van der Waals surface area (Å²) in [5, 5.41) is 2.76. The van der Waals surface area contributed by atoms with Gasteiger partial charge in [0.2, 0.25) is 5.91 Å². The molecule has 0 spiro atoms. The van der Waals surface area contributed by atoms with Gasteiger partial charge in [-0.25, -0.2) is 9.37 Å². The van der Waals surface area contributed by atoms with Gasteiger partial charge in [0.1, 0.15) is 16.9 Å². The number of aromatic nitrogens is 2. The lowest BCUT2D eigenvalue weighted by Crippen LogP contribution is -2.57. The van der Waals surface area contributed by atoms with E-state index in [0.717, 1.165) is 30.7 Å². The van der Waals surface area contributed by atoms with E-state index in [1.165, 1.54) is 6.07 Å². The van der Waals surface area contributed by atoms with Crippen molar-refractivity contribution in [2.45, 2.75) is 38.4 Å². The number of halogens is 1. The third-order valence-corrected chi connectivity index (χ3v) is 5.11. The average molecular weight is 348 g/mol. The number of likely N-dealkylation sites (tertiary alicyclic amines) is 1. The molecule has 1 atom stereocenters.